The fourth-order valence-electron chi connectivity index (χ4n) is 2.38. The number of rotatable bonds is 5. The van der Waals surface area contributed by atoms with Crippen LogP contribution in [0.1, 0.15) is 18.4 Å². The third kappa shape index (κ3) is 2.45. The van der Waals surface area contributed by atoms with Gasteiger partial charge in [-0.1, -0.05) is 18.2 Å². The molecule has 2 rings (SSSR count). The molecular formula is C13H16N2O3. The Balaban J connectivity index is 2.13. The van der Waals surface area contributed by atoms with Crippen LogP contribution in [0.15, 0.2) is 24.3 Å². The summed E-state index contributed by atoms with van der Waals surface area (Å²) in [5, 5.41) is 8.65. The quantitative estimate of drug-likeness (QED) is 0.806. The fourth-order valence-corrected chi connectivity index (χ4v) is 2.38. The molecule has 1 atom stereocenters. The van der Waals surface area contributed by atoms with Crippen LogP contribution in [0.3, 0.4) is 0 Å². The van der Waals surface area contributed by atoms with E-state index in [0.717, 1.165) is 11.3 Å². The van der Waals surface area contributed by atoms with Gasteiger partial charge in [-0.2, -0.15) is 0 Å². The standard InChI is InChI=1S/C13H16N2O3/c14-13(18)11-8-9-4-1-2-5-10(9)15(11)7-3-6-12(16)17/h1-2,4-5,11H,3,6-8H2,(H2,14,18)(H,16,17)/t11-/m0/s1. The van der Waals surface area contributed by atoms with Gasteiger partial charge in [0.1, 0.15) is 6.04 Å². The van der Waals surface area contributed by atoms with E-state index in [9.17, 15) is 9.59 Å². The molecule has 1 aromatic rings. The first kappa shape index (κ1) is 12.4. The molecule has 18 heavy (non-hydrogen) atoms. The van der Waals surface area contributed by atoms with E-state index in [2.05, 4.69) is 0 Å². The second-order valence-corrected chi connectivity index (χ2v) is 4.44. The van der Waals surface area contributed by atoms with Gasteiger partial charge in [0, 0.05) is 25.1 Å². The van der Waals surface area contributed by atoms with Crippen molar-refractivity contribution in [2.24, 2.45) is 5.73 Å². The minimum absolute atomic E-state index is 0.101. The van der Waals surface area contributed by atoms with Crippen LogP contribution in [-0.4, -0.2) is 29.6 Å². The normalized spacial score (nSPS) is 17.6. The predicted octanol–water partition coefficient (Wildman–Crippen LogP) is 0.768. The molecule has 1 aromatic carbocycles. The lowest BCUT2D eigenvalue weighted by molar-refractivity contribution is -0.137. The van der Waals surface area contributed by atoms with Crippen molar-refractivity contribution in [3.63, 3.8) is 0 Å². The number of carboxylic acids is 1. The van der Waals surface area contributed by atoms with Gasteiger partial charge < -0.3 is 15.7 Å². The van der Waals surface area contributed by atoms with Crippen molar-refractivity contribution in [3.8, 4) is 0 Å². The smallest absolute Gasteiger partial charge is 0.303 e. The number of nitrogens with zero attached hydrogens (tertiary/aromatic N) is 1. The number of carboxylic acid groups (broad SMARTS) is 1. The average Bonchev–Trinajstić information content (AvgIpc) is 2.68. The van der Waals surface area contributed by atoms with Crippen LogP contribution in [0.4, 0.5) is 5.69 Å². The largest absolute Gasteiger partial charge is 0.481 e. The van der Waals surface area contributed by atoms with Crippen LogP contribution in [0.5, 0.6) is 0 Å². The van der Waals surface area contributed by atoms with Crippen molar-refractivity contribution in [3.05, 3.63) is 29.8 Å². The minimum Gasteiger partial charge on any atom is -0.481 e. The Morgan fingerprint density at radius 2 is 2.11 bits per heavy atom. The third-order valence-electron chi connectivity index (χ3n) is 3.21. The maximum atomic E-state index is 11.4. The van der Waals surface area contributed by atoms with Crippen molar-refractivity contribution in [1.82, 2.24) is 0 Å². The summed E-state index contributed by atoms with van der Waals surface area (Å²) in [5.41, 5.74) is 7.49. The third-order valence-corrected chi connectivity index (χ3v) is 3.21. The van der Waals surface area contributed by atoms with E-state index >= 15 is 0 Å². The average molecular weight is 248 g/mol. The van der Waals surface area contributed by atoms with E-state index in [0.29, 0.717) is 19.4 Å². The molecule has 5 heteroatoms. The molecule has 0 aliphatic carbocycles. The summed E-state index contributed by atoms with van der Waals surface area (Å²) < 4.78 is 0. The molecule has 1 aliphatic rings. The number of hydrogen-bond acceptors (Lipinski definition) is 3. The van der Waals surface area contributed by atoms with E-state index in [1.54, 1.807) is 0 Å². The minimum atomic E-state index is -0.821. The Morgan fingerprint density at radius 1 is 1.39 bits per heavy atom. The summed E-state index contributed by atoms with van der Waals surface area (Å²) in [6.45, 7) is 0.539. The zero-order chi connectivity index (χ0) is 13.1. The molecule has 0 spiro atoms. The van der Waals surface area contributed by atoms with E-state index < -0.39 is 5.97 Å². The molecule has 0 unspecified atom stereocenters. The van der Waals surface area contributed by atoms with E-state index in [1.807, 2.05) is 29.2 Å². The SMILES string of the molecule is NC(=O)[C@@H]1Cc2ccccc2N1CCCC(=O)O. The molecule has 0 saturated carbocycles. The Labute approximate surface area is 105 Å². The van der Waals surface area contributed by atoms with E-state index in [4.69, 9.17) is 10.8 Å². The van der Waals surface area contributed by atoms with Gasteiger partial charge in [-0.15, -0.1) is 0 Å². The molecule has 0 radical (unpaired) electrons. The molecule has 3 N–H and O–H groups in total. The second kappa shape index (κ2) is 5.08. The van der Waals surface area contributed by atoms with Gasteiger partial charge in [0.05, 0.1) is 0 Å². The monoisotopic (exact) mass is 248 g/mol. The number of para-hydroxylation sites is 1. The highest BCUT2D eigenvalue weighted by atomic mass is 16.4. The first-order chi connectivity index (χ1) is 8.59. The lowest BCUT2D eigenvalue weighted by Gasteiger charge is -2.25. The van der Waals surface area contributed by atoms with Gasteiger partial charge in [-0.25, -0.2) is 0 Å². The summed E-state index contributed by atoms with van der Waals surface area (Å²) in [6, 6.07) is 7.40. The van der Waals surface area contributed by atoms with Crippen molar-refractivity contribution in [2.45, 2.75) is 25.3 Å². The van der Waals surface area contributed by atoms with Crippen LogP contribution in [0.25, 0.3) is 0 Å². The molecule has 0 fully saturated rings. The number of primary amides is 1. The molecule has 1 heterocycles. The summed E-state index contributed by atoms with van der Waals surface area (Å²) in [4.78, 5) is 23.9. The van der Waals surface area contributed by atoms with Crippen LogP contribution in [-0.2, 0) is 16.0 Å². The Hall–Kier alpha value is -2.04. The van der Waals surface area contributed by atoms with Gasteiger partial charge >= 0.3 is 5.97 Å². The lowest BCUT2D eigenvalue weighted by Crippen LogP contribution is -2.43. The number of anilines is 1. The highest BCUT2D eigenvalue weighted by Crippen LogP contribution is 2.31. The van der Waals surface area contributed by atoms with Gasteiger partial charge in [0.15, 0.2) is 0 Å². The molecule has 0 aromatic heterocycles. The number of hydrogen-bond donors (Lipinski definition) is 2. The van der Waals surface area contributed by atoms with Crippen LogP contribution in [0.2, 0.25) is 0 Å². The van der Waals surface area contributed by atoms with Crippen LogP contribution in [0, 0.1) is 0 Å². The van der Waals surface area contributed by atoms with Crippen molar-refractivity contribution in [1.29, 1.82) is 0 Å². The molecule has 0 bridgehead atoms. The summed E-state index contributed by atoms with van der Waals surface area (Å²) >= 11 is 0. The number of carbonyl (C=O) groups excluding carboxylic acids is 1. The maximum absolute atomic E-state index is 11.4. The fraction of sp³-hybridized carbons (Fsp3) is 0.385. The number of fused-ring (bicyclic) bond motifs is 1. The highest BCUT2D eigenvalue weighted by Gasteiger charge is 2.32. The molecule has 0 saturated heterocycles. The first-order valence-electron chi connectivity index (χ1n) is 5.95. The zero-order valence-corrected chi connectivity index (χ0v) is 10.0. The van der Waals surface area contributed by atoms with Crippen molar-refractivity contribution >= 4 is 17.6 Å². The summed E-state index contributed by atoms with van der Waals surface area (Å²) in [5.74, 6) is -1.18. The molecular weight excluding hydrogens is 232 g/mol. The summed E-state index contributed by atoms with van der Waals surface area (Å²) in [6.07, 6.45) is 1.22. The Morgan fingerprint density at radius 3 is 2.78 bits per heavy atom. The van der Waals surface area contributed by atoms with Gasteiger partial charge in [-0.05, 0) is 18.1 Å². The molecule has 5 nitrogen and oxygen atoms in total. The van der Waals surface area contributed by atoms with Crippen molar-refractivity contribution in [2.75, 3.05) is 11.4 Å². The maximum Gasteiger partial charge on any atom is 0.303 e. The zero-order valence-electron chi connectivity index (χ0n) is 10.0. The Kier molecular flexibility index (Phi) is 3.50. The lowest BCUT2D eigenvalue weighted by atomic mass is 10.1. The van der Waals surface area contributed by atoms with Crippen LogP contribution >= 0.6 is 0 Å². The number of aliphatic carboxylic acids is 1. The number of carbonyl (C=O) groups is 2. The first-order valence-corrected chi connectivity index (χ1v) is 5.95. The topological polar surface area (TPSA) is 83.6 Å². The van der Waals surface area contributed by atoms with Gasteiger partial charge in [0.2, 0.25) is 5.91 Å². The van der Waals surface area contributed by atoms with Gasteiger partial charge in [0.25, 0.3) is 0 Å². The van der Waals surface area contributed by atoms with E-state index in [-0.39, 0.29) is 18.4 Å². The van der Waals surface area contributed by atoms with Gasteiger partial charge in [-0.3, -0.25) is 9.59 Å². The number of amides is 1. The van der Waals surface area contributed by atoms with Crippen molar-refractivity contribution < 1.29 is 14.7 Å². The Bertz CT molecular complexity index is 473. The number of benzene rings is 1. The highest BCUT2D eigenvalue weighted by molar-refractivity contribution is 5.86. The van der Waals surface area contributed by atoms with Crippen LogP contribution < -0.4 is 10.6 Å². The molecule has 96 valence electrons. The number of nitrogens with two attached hydrogens (primary N) is 1. The molecule has 1 amide bonds. The van der Waals surface area contributed by atoms with E-state index in [1.165, 1.54) is 0 Å². The second-order valence-electron chi connectivity index (χ2n) is 4.44. The predicted molar refractivity (Wildman–Crippen MR) is 67.3 cm³/mol. The summed E-state index contributed by atoms with van der Waals surface area (Å²) in [7, 11) is 0. The molecule has 1 aliphatic heterocycles.